The average Bonchev–Trinajstić information content (AvgIpc) is 3.04. The van der Waals surface area contributed by atoms with E-state index in [4.69, 9.17) is 4.52 Å². The van der Waals surface area contributed by atoms with E-state index in [0.717, 1.165) is 12.8 Å². The SMILES string of the molecule is O=C(/N=c1\[cH-][n+](CCCc2ccccc2)no1)Nc1ccccc1. The highest BCUT2D eigenvalue weighted by atomic mass is 16.5. The van der Waals surface area contributed by atoms with Crippen molar-refractivity contribution in [2.75, 3.05) is 5.32 Å². The summed E-state index contributed by atoms with van der Waals surface area (Å²) in [5.41, 5.74) is 2.15. The highest BCUT2D eigenvalue weighted by Gasteiger charge is 2.02. The van der Waals surface area contributed by atoms with Crippen LogP contribution in [-0.4, -0.2) is 11.3 Å². The van der Waals surface area contributed by atoms with Gasteiger partial charge in [-0.05, 0) is 30.3 Å². The molecule has 0 atom stereocenters. The topological polar surface area (TPSA) is 71.4 Å². The van der Waals surface area contributed by atoms with Gasteiger partial charge in [-0.25, -0.2) is 9.48 Å². The predicted octanol–water partition coefficient (Wildman–Crippen LogP) is 2.45. The Kier molecular flexibility index (Phi) is 5.19. The Morgan fingerprint density at radius 3 is 2.58 bits per heavy atom. The minimum absolute atomic E-state index is 0.183. The third-order valence-corrected chi connectivity index (χ3v) is 3.43. The van der Waals surface area contributed by atoms with Gasteiger partial charge in [0.25, 0.3) is 0 Å². The molecule has 0 unspecified atom stereocenters. The van der Waals surface area contributed by atoms with Gasteiger partial charge in [-0.2, -0.15) is 4.99 Å². The van der Waals surface area contributed by atoms with Crippen molar-refractivity contribution in [1.82, 2.24) is 5.27 Å². The van der Waals surface area contributed by atoms with Crippen LogP contribution in [0.4, 0.5) is 10.5 Å². The fourth-order valence-electron chi connectivity index (χ4n) is 2.29. The van der Waals surface area contributed by atoms with Crippen molar-refractivity contribution in [3.63, 3.8) is 0 Å². The van der Waals surface area contributed by atoms with Gasteiger partial charge in [-0.15, -0.1) is 0 Å². The molecule has 3 rings (SSSR count). The van der Waals surface area contributed by atoms with Crippen LogP contribution >= 0.6 is 0 Å². The molecule has 0 aliphatic carbocycles. The number of rotatable bonds is 5. The van der Waals surface area contributed by atoms with Gasteiger partial charge < -0.3 is 9.84 Å². The lowest BCUT2D eigenvalue weighted by atomic mass is 10.1. The number of nitrogens with one attached hydrogen (secondary N) is 1. The number of hydrogen-bond donors (Lipinski definition) is 1. The molecule has 3 aromatic rings. The van der Waals surface area contributed by atoms with E-state index in [9.17, 15) is 4.79 Å². The summed E-state index contributed by atoms with van der Waals surface area (Å²) in [6, 6.07) is 18.9. The van der Waals surface area contributed by atoms with Crippen molar-refractivity contribution in [3.8, 4) is 0 Å². The Labute approximate surface area is 139 Å². The first-order chi connectivity index (χ1) is 11.8. The molecule has 0 fully saturated rings. The third kappa shape index (κ3) is 4.67. The van der Waals surface area contributed by atoms with Gasteiger partial charge in [0, 0.05) is 12.1 Å². The van der Waals surface area contributed by atoms with E-state index >= 15 is 0 Å². The number of carbonyl (C=O) groups is 1. The number of nitrogens with zero attached hydrogens (tertiary/aromatic N) is 3. The molecule has 2 amide bonds. The Bertz CT molecular complexity index is 838. The Morgan fingerprint density at radius 1 is 1.12 bits per heavy atom. The van der Waals surface area contributed by atoms with Gasteiger partial charge in [-0.1, -0.05) is 48.5 Å². The molecule has 1 aromatic heterocycles. The molecule has 0 bridgehead atoms. The first kappa shape index (κ1) is 15.7. The van der Waals surface area contributed by atoms with E-state index < -0.39 is 6.03 Å². The lowest BCUT2D eigenvalue weighted by molar-refractivity contribution is -0.762. The summed E-state index contributed by atoms with van der Waals surface area (Å²) >= 11 is 0. The number of amides is 2. The molecule has 24 heavy (non-hydrogen) atoms. The van der Waals surface area contributed by atoms with Gasteiger partial charge >= 0.3 is 6.03 Å². The maximum Gasteiger partial charge on any atom is 0.346 e. The second-order valence-corrected chi connectivity index (χ2v) is 5.30. The molecule has 0 aliphatic heterocycles. The third-order valence-electron chi connectivity index (χ3n) is 3.43. The van der Waals surface area contributed by atoms with Crippen LogP contribution in [0.3, 0.4) is 0 Å². The molecule has 0 spiro atoms. The molecular formula is C18H18N4O2. The number of carbonyl (C=O) groups excluding carboxylic acids is 1. The molecule has 6 nitrogen and oxygen atoms in total. The normalized spacial score (nSPS) is 11.4. The number of para-hydroxylation sites is 1. The van der Waals surface area contributed by atoms with Gasteiger partial charge in [0.05, 0.1) is 0 Å². The first-order valence-electron chi connectivity index (χ1n) is 7.78. The lowest BCUT2D eigenvalue weighted by Gasteiger charge is -1.99. The summed E-state index contributed by atoms with van der Waals surface area (Å²) in [4.78, 5) is 15.7. The highest BCUT2D eigenvalue weighted by Crippen LogP contribution is 2.04. The zero-order valence-corrected chi connectivity index (χ0v) is 13.1. The molecule has 0 saturated heterocycles. The molecule has 6 heteroatoms. The van der Waals surface area contributed by atoms with Crippen LogP contribution in [-0.2, 0) is 13.0 Å². The minimum Gasteiger partial charge on any atom is -0.321 e. The lowest BCUT2D eigenvalue weighted by Crippen LogP contribution is -2.35. The smallest absolute Gasteiger partial charge is 0.321 e. The van der Waals surface area contributed by atoms with E-state index in [1.807, 2.05) is 36.4 Å². The Balaban J connectivity index is 1.53. The first-order valence-corrected chi connectivity index (χ1v) is 7.78. The standard InChI is InChI=1S/C18H18N4O2/c23-18(19-16-11-5-2-6-12-16)20-17-14-22(21-24-17)13-7-10-15-8-3-1-4-9-15/h1-6,8-9,11-12,14H,7,10,13H2,(H,19,23)/b20-17+. The van der Waals surface area contributed by atoms with Crippen molar-refractivity contribution >= 4 is 11.7 Å². The molecule has 122 valence electrons. The summed E-state index contributed by atoms with van der Waals surface area (Å²) < 4.78 is 6.71. The van der Waals surface area contributed by atoms with Gasteiger partial charge in [0.2, 0.25) is 0 Å². The summed E-state index contributed by atoms with van der Waals surface area (Å²) in [6.45, 7) is 0.703. The Morgan fingerprint density at radius 2 is 1.83 bits per heavy atom. The molecular weight excluding hydrogens is 304 g/mol. The average molecular weight is 322 g/mol. The van der Waals surface area contributed by atoms with Crippen LogP contribution in [0, 0.1) is 0 Å². The van der Waals surface area contributed by atoms with Crippen LogP contribution in [0.15, 0.2) is 76.4 Å². The summed E-state index contributed by atoms with van der Waals surface area (Å²) in [5.74, 6) is 0. The summed E-state index contributed by atoms with van der Waals surface area (Å²) in [6.07, 6.45) is 3.51. The number of aromatic nitrogens is 2. The molecule has 1 heterocycles. The van der Waals surface area contributed by atoms with Crippen molar-refractivity contribution in [1.29, 1.82) is 0 Å². The number of benzene rings is 2. The second kappa shape index (κ2) is 7.92. The largest absolute Gasteiger partial charge is 0.346 e. The number of aryl methyl sites for hydroxylation is 2. The summed E-state index contributed by atoms with van der Waals surface area (Å²) in [7, 11) is 0. The number of urea groups is 1. The molecule has 0 saturated carbocycles. The van der Waals surface area contributed by atoms with Crippen molar-refractivity contribution in [3.05, 3.63) is 78.0 Å². The van der Waals surface area contributed by atoms with Gasteiger partial charge in [0.15, 0.2) is 10.8 Å². The van der Waals surface area contributed by atoms with Crippen LogP contribution in [0.1, 0.15) is 12.0 Å². The van der Waals surface area contributed by atoms with Gasteiger partial charge in [0.1, 0.15) is 6.54 Å². The zero-order valence-electron chi connectivity index (χ0n) is 13.1. The second-order valence-electron chi connectivity index (χ2n) is 5.30. The minimum atomic E-state index is -0.492. The quantitative estimate of drug-likeness (QED) is 0.579. The summed E-state index contributed by atoms with van der Waals surface area (Å²) in [5, 5.41) is 6.54. The number of anilines is 1. The van der Waals surface area contributed by atoms with Crippen LogP contribution in [0.25, 0.3) is 0 Å². The van der Waals surface area contributed by atoms with E-state index in [-0.39, 0.29) is 5.55 Å². The van der Waals surface area contributed by atoms with E-state index in [1.165, 1.54) is 5.56 Å². The van der Waals surface area contributed by atoms with Crippen LogP contribution in [0.2, 0.25) is 0 Å². The highest BCUT2D eigenvalue weighted by molar-refractivity contribution is 5.89. The maximum absolute atomic E-state index is 11.8. The van der Waals surface area contributed by atoms with E-state index in [1.54, 1.807) is 23.0 Å². The fourth-order valence-corrected chi connectivity index (χ4v) is 2.29. The van der Waals surface area contributed by atoms with Crippen LogP contribution < -0.4 is 15.6 Å². The predicted molar refractivity (Wildman–Crippen MR) is 88.1 cm³/mol. The van der Waals surface area contributed by atoms with Crippen LogP contribution in [0.5, 0.6) is 0 Å². The molecule has 2 aromatic carbocycles. The number of hydrogen-bond acceptors (Lipinski definition) is 3. The van der Waals surface area contributed by atoms with E-state index in [2.05, 4.69) is 27.7 Å². The van der Waals surface area contributed by atoms with Crippen molar-refractivity contribution < 1.29 is 14.0 Å². The van der Waals surface area contributed by atoms with E-state index in [0.29, 0.717) is 12.2 Å². The zero-order chi connectivity index (χ0) is 16.6. The maximum atomic E-state index is 11.8. The molecule has 1 N–H and O–H groups in total. The van der Waals surface area contributed by atoms with Crippen molar-refractivity contribution in [2.45, 2.75) is 19.4 Å². The molecule has 0 radical (unpaired) electrons. The van der Waals surface area contributed by atoms with Gasteiger partial charge in [-0.3, -0.25) is 0 Å². The Hall–Kier alpha value is -3.15. The van der Waals surface area contributed by atoms with Crippen molar-refractivity contribution in [2.24, 2.45) is 4.99 Å². The molecule has 0 aliphatic rings. The monoisotopic (exact) mass is 322 g/mol. The fraction of sp³-hybridized carbons (Fsp3) is 0.167.